The second-order valence-corrected chi connectivity index (χ2v) is 7.09. The van der Waals surface area contributed by atoms with E-state index in [4.69, 9.17) is 9.47 Å². The quantitative estimate of drug-likeness (QED) is 0.813. The van der Waals surface area contributed by atoms with Gasteiger partial charge in [0.25, 0.3) is 0 Å². The summed E-state index contributed by atoms with van der Waals surface area (Å²) < 4.78 is 35.2. The number of ether oxygens (including phenoxy) is 2. The van der Waals surface area contributed by atoms with Gasteiger partial charge >= 0.3 is 0 Å². The summed E-state index contributed by atoms with van der Waals surface area (Å²) >= 11 is 0. The van der Waals surface area contributed by atoms with E-state index in [1.54, 1.807) is 14.2 Å². The van der Waals surface area contributed by atoms with Crippen molar-refractivity contribution in [2.24, 2.45) is 0 Å². The van der Waals surface area contributed by atoms with Gasteiger partial charge in [0.1, 0.15) is 0 Å². The highest BCUT2D eigenvalue weighted by atomic mass is 32.2. The van der Waals surface area contributed by atoms with Gasteiger partial charge in [0.05, 0.1) is 31.8 Å². The Morgan fingerprint density at radius 3 is 2.57 bits per heavy atom. The minimum Gasteiger partial charge on any atom is -0.380 e. The lowest BCUT2D eigenvalue weighted by molar-refractivity contribution is 0.122. The van der Waals surface area contributed by atoms with Crippen molar-refractivity contribution < 1.29 is 17.9 Å². The van der Waals surface area contributed by atoms with E-state index in [-0.39, 0.29) is 0 Å². The zero-order chi connectivity index (χ0) is 15.5. The zero-order valence-electron chi connectivity index (χ0n) is 12.7. The molecule has 0 bridgehead atoms. The van der Waals surface area contributed by atoms with Crippen LogP contribution in [0.25, 0.3) is 0 Å². The number of anilines is 2. The van der Waals surface area contributed by atoms with Gasteiger partial charge in [-0.1, -0.05) is 0 Å². The van der Waals surface area contributed by atoms with E-state index < -0.39 is 10.0 Å². The third kappa shape index (κ3) is 3.87. The maximum absolute atomic E-state index is 11.7. The molecule has 1 saturated heterocycles. The number of sulfonamides is 1. The van der Waals surface area contributed by atoms with Gasteiger partial charge in [-0.05, 0) is 18.2 Å². The Morgan fingerprint density at radius 1 is 1.33 bits per heavy atom. The van der Waals surface area contributed by atoms with Crippen LogP contribution in [0.4, 0.5) is 11.4 Å². The molecule has 0 radical (unpaired) electrons. The van der Waals surface area contributed by atoms with Crippen molar-refractivity contribution in [2.45, 2.75) is 6.61 Å². The number of nitrogens with zero attached hydrogens (tertiary/aromatic N) is 2. The van der Waals surface area contributed by atoms with E-state index in [0.717, 1.165) is 24.3 Å². The summed E-state index contributed by atoms with van der Waals surface area (Å²) in [5, 5.41) is 0. The molecule has 0 N–H and O–H groups in total. The van der Waals surface area contributed by atoms with Crippen LogP contribution in [0.15, 0.2) is 18.2 Å². The van der Waals surface area contributed by atoms with Gasteiger partial charge in [0.15, 0.2) is 0 Å². The molecule has 1 aromatic carbocycles. The molecular formula is C14H22N2O4S. The summed E-state index contributed by atoms with van der Waals surface area (Å²) in [5.74, 6) is 0. The molecule has 0 amide bonds. The van der Waals surface area contributed by atoms with Crippen molar-refractivity contribution >= 4 is 21.4 Å². The van der Waals surface area contributed by atoms with Gasteiger partial charge in [0.2, 0.25) is 10.0 Å². The van der Waals surface area contributed by atoms with Crippen molar-refractivity contribution in [3.63, 3.8) is 0 Å². The second-order valence-electron chi connectivity index (χ2n) is 5.08. The molecule has 7 heteroatoms. The largest absolute Gasteiger partial charge is 0.380 e. The number of morpholine rings is 1. The Balaban J connectivity index is 2.34. The highest BCUT2D eigenvalue weighted by molar-refractivity contribution is 7.92. The van der Waals surface area contributed by atoms with Crippen molar-refractivity contribution in [1.29, 1.82) is 0 Å². The topological polar surface area (TPSA) is 59.1 Å². The van der Waals surface area contributed by atoms with Gasteiger partial charge in [-0.3, -0.25) is 4.31 Å². The van der Waals surface area contributed by atoms with Crippen LogP contribution in [0, 0.1) is 0 Å². The Bertz CT molecular complexity index is 583. The van der Waals surface area contributed by atoms with E-state index in [9.17, 15) is 8.42 Å². The SMILES string of the molecule is COCc1cc(N(C)S(C)(=O)=O)ccc1N1CCOCC1. The minimum atomic E-state index is -3.27. The van der Waals surface area contributed by atoms with Gasteiger partial charge in [-0.15, -0.1) is 0 Å². The Hall–Kier alpha value is -1.31. The molecular weight excluding hydrogens is 292 g/mol. The number of hydrogen-bond acceptors (Lipinski definition) is 5. The standard InChI is InChI=1S/C14H22N2O4S/c1-15(21(3,17)18)13-4-5-14(12(10-13)11-19-2)16-6-8-20-9-7-16/h4-5,10H,6-9,11H2,1-3H3. The first kappa shape index (κ1) is 16.1. The van der Waals surface area contributed by atoms with Gasteiger partial charge in [-0.25, -0.2) is 8.42 Å². The van der Waals surface area contributed by atoms with Crippen LogP contribution in [0.5, 0.6) is 0 Å². The normalized spacial score (nSPS) is 16.0. The predicted octanol–water partition coefficient (Wildman–Crippen LogP) is 1.07. The van der Waals surface area contributed by atoms with E-state index in [0.29, 0.717) is 25.5 Å². The molecule has 0 saturated carbocycles. The molecule has 21 heavy (non-hydrogen) atoms. The molecule has 1 aliphatic rings. The fourth-order valence-corrected chi connectivity index (χ4v) is 2.84. The molecule has 0 spiro atoms. The van der Waals surface area contributed by atoms with Crippen molar-refractivity contribution in [3.05, 3.63) is 23.8 Å². The molecule has 118 valence electrons. The zero-order valence-corrected chi connectivity index (χ0v) is 13.5. The fraction of sp³-hybridized carbons (Fsp3) is 0.571. The van der Waals surface area contributed by atoms with Crippen LogP contribution in [-0.4, -0.2) is 55.1 Å². The fourth-order valence-electron chi connectivity index (χ4n) is 2.34. The highest BCUT2D eigenvalue weighted by Crippen LogP contribution is 2.28. The summed E-state index contributed by atoms with van der Waals surface area (Å²) in [7, 11) is -0.0802. The molecule has 0 unspecified atom stereocenters. The lowest BCUT2D eigenvalue weighted by Crippen LogP contribution is -2.37. The summed E-state index contributed by atoms with van der Waals surface area (Å²) in [6, 6.07) is 5.65. The molecule has 6 nitrogen and oxygen atoms in total. The van der Waals surface area contributed by atoms with Crippen LogP contribution in [0.2, 0.25) is 0 Å². The lowest BCUT2D eigenvalue weighted by Gasteiger charge is -2.31. The molecule has 0 atom stereocenters. The van der Waals surface area contributed by atoms with E-state index in [2.05, 4.69) is 4.90 Å². The third-order valence-corrected chi connectivity index (χ3v) is 4.78. The third-order valence-electron chi connectivity index (χ3n) is 3.58. The van der Waals surface area contributed by atoms with Crippen molar-refractivity contribution in [3.8, 4) is 0 Å². The first-order chi connectivity index (χ1) is 9.93. The molecule has 2 rings (SSSR count). The molecule has 1 heterocycles. The average molecular weight is 314 g/mol. The Labute approximate surface area is 126 Å². The second kappa shape index (κ2) is 6.64. The van der Waals surface area contributed by atoms with Crippen molar-refractivity contribution in [1.82, 2.24) is 0 Å². The van der Waals surface area contributed by atoms with Crippen LogP contribution >= 0.6 is 0 Å². The molecule has 1 aliphatic heterocycles. The van der Waals surface area contributed by atoms with Gasteiger partial charge in [-0.2, -0.15) is 0 Å². The predicted molar refractivity (Wildman–Crippen MR) is 83.4 cm³/mol. The number of methoxy groups -OCH3 is 1. The molecule has 0 aromatic heterocycles. The smallest absolute Gasteiger partial charge is 0.231 e. The van der Waals surface area contributed by atoms with Crippen molar-refractivity contribution in [2.75, 3.05) is 55.9 Å². The monoisotopic (exact) mass is 314 g/mol. The van der Waals surface area contributed by atoms with Crippen LogP contribution in [0.3, 0.4) is 0 Å². The van der Waals surface area contributed by atoms with E-state index in [1.165, 1.54) is 10.6 Å². The lowest BCUT2D eigenvalue weighted by atomic mass is 10.1. The number of rotatable bonds is 5. The van der Waals surface area contributed by atoms with E-state index in [1.807, 2.05) is 18.2 Å². The molecule has 1 fully saturated rings. The average Bonchev–Trinajstić information content (AvgIpc) is 2.47. The summed E-state index contributed by atoms with van der Waals surface area (Å²) in [6.45, 7) is 3.52. The Morgan fingerprint density at radius 2 is 2.00 bits per heavy atom. The number of hydrogen-bond donors (Lipinski definition) is 0. The molecule has 0 aliphatic carbocycles. The minimum absolute atomic E-state index is 0.443. The maximum atomic E-state index is 11.7. The van der Waals surface area contributed by atoms with Crippen LogP contribution in [0.1, 0.15) is 5.56 Å². The van der Waals surface area contributed by atoms with Gasteiger partial charge in [0, 0.05) is 38.5 Å². The van der Waals surface area contributed by atoms with E-state index >= 15 is 0 Å². The van der Waals surface area contributed by atoms with Crippen LogP contribution < -0.4 is 9.21 Å². The molecule has 1 aromatic rings. The van der Waals surface area contributed by atoms with Gasteiger partial charge < -0.3 is 14.4 Å². The number of benzene rings is 1. The summed E-state index contributed by atoms with van der Waals surface area (Å²) in [5.41, 5.74) is 2.69. The first-order valence-corrected chi connectivity index (χ1v) is 8.67. The summed E-state index contributed by atoms with van der Waals surface area (Å²) in [4.78, 5) is 2.24. The first-order valence-electron chi connectivity index (χ1n) is 6.82. The van der Waals surface area contributed by atoms with Crippen LogP contribution in [-0.2, 0) is 26.1 Å². The highest BCUT2D eigenvalue weighted by Gasteiger charge is 2.18. The Kier molecular flexibility index (Phi) is 5.08. The maximum Gasteiger partial charge on any atom is 0.231 e. The summed E-state index contributed by atoms with van der Waals surface area (Å²) in [6.07, 6.45) is 1.19.